The van der Waals surface area contributed by atoms with Crippen LogP contribution in [0.4, 0.5) is 0 Å². The van der Waals surface area contributed by atoms with Gasteiger partial charge in [-0.3, -0.25) is 4.79 Å². The van der Waals surface area contributed by atoms with Crippen LogP contribution < -0.4 is 5.43 Å². The topological polar surface area (TPSA) is 87.7 Å². The first-order chi connectivity index (χ1) is 13.7. The van der Waals surface area contributed by atoms with Crippen molar-refractivity contribution < 1.29 is 19.4 Å². The zero-order valence-electron chi connectivity index (χ0n) is 14.1. The lowest BCUT2D eigenvalue weighted by Crippen LogP contribution is -2.05. The van der Waals surface area contributed by atoms with Crippen molar-refractivity contribution in [3.8, 4) is 28.2 Å². The van der Waals surface area contributed by atoms with E-state index in [1.165, 1.54) is 36.4 Å². The zero-order valence-corrected chi connectivity index (χ0v) is 17.1. The molecule has 1 aliphatic heterocycles. The largest absolute Gasteiger partial charge is 0.506 e. The molecule has 0 saturated heterocycles. The lowest BCUT2D eigenvalue weighted by molar-refractivity contribution is 0.0697. The number of rotatable bonds is 2. The van der Waals surface area contributed by atoms with Gasteiger partial charge in [-0.25, -0.2) is 4.79 Å². The van der Waals surface area contributed by atoms with E-state index in [1.807, 2.05) is 0 Å². The highest BCUT2D eigenvalue weighted by molar-refractivity contribution is 6.44. The molecular weight excluding hydrogens is 462 g/mol. The van der Waals surface area contributed by atoms with E-state index in [-0.39, 0.29) is 48.3 Å². The number of aromatic carboxylic acids is 1. The van der Waals surface area contributed by atoms with Crippen LogP contribution in [0.2, 0.25) is 20.1 Å². The fraction of sp³-hybridized carbons (Fsp3) is 0. The van der Waals surface area contributed by atoms with Gasteiger partial charge in [-0.05, 0) is 24.3 Å². The quantitative estimate of drug-likeness (QED) is 0.323. The molecule has 0 radical (unpaired) electrons. The van der Waals surface area contributed by atoms with E-state index in [0.717, 1.165) is 0 Å². The zero-order chi connectivity index (χ0) is 21.0. The van der Waals surface area contributed by atoms with E-state index in [2.05, 4.69) is 0 Å². The molecule has 0 amide bonds. The van der Waals surface area contributed by atoms with E-state index in [4.69, 9.17) is 50.8 Å². The molecule has 0 spiro atoms. The van der Waals surface area contributed by atoms with Gasteiger partial charge in [0, 0.05) is 34.2 Å². The molecule has 2 aromatic carbocycles. The molecule has 0 atom stereocenters. The van der Waals surface area contributed by atoms with Crippen molar-refractivity contribution in [2.45, 2.75) is 0 Å². The normalized spacial score (nSPS) is 11.3. The maximum atomic E-state index is 12.0. The Morgan fingerprint density at radius 2 is 1.62 bits per heavy atom. The Bertz CT molecular complexity index is 1360. The second-order valence-corrected chi connectivity index (χ2v) is 7.74. The van der Waals surface area contributed by atoms with Crippen molar-refractivity contribution in [3.63, 3.8) is 0 Å². The molecule has 2 aliphatic rings. The molecule has 4 rings (SSSR count). The molecule has 29 heavy (non-hydrogen) atoms. The molecule has 1 heterocycles. The fourth-order valence-corrected chi connectivity index (χ4v) is 3.89. The predicted molar refractivity (Wildman–Crippen MR) is 113 cm³/mol. The van der Waals surface area contributed by atoms with Gasteiger partial charge in [-0.2, -0.15) is 0 Å². The van der Waals surface area contributed by atoms with Crippen LogP contribution in [0.15, 0.2) is 45.6 Å². The molecule has 1 aliphatic carbocycles. The number of halogens is 4. The third-order valence-corrected chi connectivity index (χ3v) is 5.82. The van der Waals surface area contributed by atoms with Crippen molar-refractivity contribution >= 4 is 63.3 Å². The smallest absolute Gasteiger partial charge is 0.336 e. The first kappa shape index (κ1) is 19.9. The molecule has 0 unspecified atom stereocenters. The van der Waals surface area contributed by atoms with Gasteiger partial charge in [0.05, 0.1) is 25.7 Å². The predicted octanol–water partition coefficient (Wildman–Crippen LogP) is 6.58. The number of fused-ring (bicyclic) bond motifs is 2. The maximum Gasteiger partial charge on any atom is 0.336 e. The number of aromatic hydroxyl groups is 1. The van der Waals surface area contributed by atoms with Gasteiger partial charge in [-0.1, -0.05) is 46.4 Å². The minimum atomic E-state index is -1.24. The van der Waals surface area contributed by atoms with E-state index >= 15 is 0 Å². The summed E-state index contributed by atoms with van der Waals surface area (Å²) in [7, 11) is 0. The molecule has 2 aromatic rings. The highest BCUT2D eigenvalue weighted by Crippen LogP contribution is 2.47. The SMILES string of the molecule is O=C(O)c1ccc(Cl)c(Cl)c1-c1c2cc(Cl)c(=O)cc-2oc2cc(O)c(Cl)cc12. The fourth-order valence-electron chi connectivity index (χ4n) is 3.14. The monoisotopic (exact) mass is 468 g/mol. The van der Waals surface area contributed by atoms with Crippen molar-refractivity contribution in [1.29, 1.82) is 0 Å². The highest BCUT2D eigenvalue weighted by atomic mass is 35.5. The lowest BCUT2D eigenvalue weighted by Gasteiger charge is -2.19. The van der Waals surface area contributed by atoms with Crippen LogP contribution in [0, 0.1) is 0 Å². The number of phenols is 1. The maximum absolute atomic E-state index is 12.0. The molecule has 5 nitrogen and oxygen atoms in total. The second kappa shape index (κ2) is 7.11. The van der Waals surface area contributed by atoms with E-state index < -0.39 is 11.4 Å². The Hall–Kier alpha value is -2.44. The van der Waals surface area contributed by atoms with Crippen molar-refractivity contribution in [3.05, 3.63) is 72.3 Å². The minimum Gasteiger partial charge on any atom is -0.506 e. The van der Waals surface area contributed by atoms with E-state index in [0.29, 0.717) is 16.5 Å². The summed E-state index contributed by atoms with van der Waals surface area (Å²) in [6, 6.07) is 7.90. The molecule has 0 bridgehead atoms. The summed E-state index contributed by atoms with van der Waals surface area (Å²) in [6.07, 6.45) is 0. The van der Waals surface area contributed by atoms with Crippen molar-refractivity contribution in [2.75, 3.05) is 0 Å². The Balaban J connectivity index is 2.32. The minimum absolute atomic E-state index is 0.00751. The standard InChI is InChI=1S/C20H8Cl4O5/c21-10-2-1-7(20(27)28)18(19(10)24)17-8-3-11(22)13(25)5-15(8)29-16-6-14(26)12(23)4-9(16)17/h1-6,25H,(H,27,28). The van der Waals surface area contributed by atoms with Gasteiger partial charge >= 0.3 is 5.97 Å². The number of benzene rings is 3. The summed E-state index contributed by atoms with van der Waals surface area (Å²) in [5.74, 6) is -1.37. The first-order valence-corrected chi connectivity index (χ1v) is 9.50. The summed E-state index contributed by atoms with van der Waals surface area (Å²) < 4.78 is 5.75. The van der Waals surface area contributed by atoms with E-state index in [9.17, 15) is 19.8 Å². The number of carbonyl (C=O) groups is 1. The number of carboxylic acid groups (broad SMARTS) is 1. The summed E-state index contributed by atoms with van der Waals surface area (Å²) in [6.45, 7) is 0. The van der Waals surface area contributed by atoms with Crippen LogP contribution in [-0.2, 0) is 0 Å². The van der Waals surface area contributed by atoms with Gasteiger partial charge in [0.15, 0.2) is 0 Å². The van der Waals surface area contributed by atoms with Crippen molar-refractivity contribution in [2.24, 2.45) is 0 Å². The summed E-state index contributed by atoms with van der Waals surface area (Å²) >= 11 is 24.7. The lowest BCUT2D eigenvalue weighted by atomic mass is 9.90. The first-order valence-electron chi connectivity index (χ1n) is 7.99. The van der Waals surface area contributed by atoms with Crippen molar-refractivity contribution in [1.82, 2.24) is 0 Å². The molecule has 0 aromatic heterocycles. The van der Waals surface area contributed by atoms with Crippen LogP contribution in [-0.4, -0.2) is 16.2 Å². The summed E-state index contributed by atoms with van der Waals surface area (Å²) in [4.78, 5) is 23.9. The number of carboxylic acids is 1. The van der Waals surface area contributed by atoms with Crippen LogP contribution in [0.1, 0.15) is 10.4 Å². The number of hydrogen-bond donors (Lipinski definition) is 2. The van der Waals surface area contributed by atoms with Crippen LogP contribution in [0.25, 0.3) is 33.4 Å². The molecule has 2 N–H and O–H groups in total. The average Bonchev–Trinajstić information content (AvgIpc) is 2.65. The second-order valence-electron chi connectivity index (χ2n) is 6.14. The third kappa shape index (κ3) is 3.20. The molecule has 0 fully saturated rings. The van der Waals surface area contributed by atoms with Gasteiger partial charge < -0.3 is 14.6 Å². The molecule has 146 valence electrons. The molecule has 0 saturated carbocycles. The van der Waals surface area contributed by atoms with Gasteiger partial charge in [0.2, 0.25) is 5.43 Å². The number of hydrogen-bond acceptors (Lipinski definition) is 4. The van der Waals surface area contributed by atoms with E-state index in [1.54, 1.807) is 0 Å². The Morgan fingerprint density at radius 1 is 0.897 bits per heavy atom. The Morgan fingerprint density at radius 3 is 2.31 bits per heavy atom. The van der Waals surface area contributed by atoms with Gasteiger partial charge in [0.25, 0.3) is 0 Å². The molecular formula is C20H8Cl4O5. The van der Waals surface area contributed by atoms with Crippen LogP contribution in [0.5, 0.6) is 5.75 Å². The highest BCUT2D eigenvalue weighted by Gasteiger charge is 2.26. The molecule has 9 heteroatoms. The van der Waals surface area contributed by atoms with Crippen LogP contribution >= 0.6 is 46.4 Å². The Labute approximate surface area is 183 Å². The Kier molecular flexibility index (Phi) is 4.87. The third-order valence-electron chi connectivity index (χ3n) is 4.42. The van der Waals surface area contributed by atoms with Gasteiger partial charge in [-0.15, -0.1) is 0 Å². The average molecular weight is 470 g/mol. The summed E-state index contributed by atoms with van der Waals surface area (Å²) in [5.41, 5.74) is 0.282. The van der Waals surface area contributed by atoms with Crippen LogP contribution in [0.3, 0.4) is 0 Å². The summed E-state index contributed by atoms with van der Waals surface area (Å²) in [5, 5.41) is 20.1. The number of phenolic OH excluding ortho intramolecular Hbond substituents is 1. The van der Waals surface area contributed by atoms with Gasteiger partial charge in [0.1, 0.15) is 17.1 Å².